The molecule has 0 radical (unpaired) electrons. The zero-order valence-corrected chi connectivity index (χ0v) is 20.2. The number of pyridine rings is 3. The molecular formula is C26H27N7O3. The highest BCUT2D eigenvalue weighted by molar-refractivity contribution is 6.00. The Labute approximate surface area is 207 Å². The van der Waals surface area contributed by atoms with E-state index in [0.717, 1.165) is 70.9 Å². The Morgan fingerprint density at radius 2 is 1.92 bits per heavy atom. The third kappa shape index (κ3) is 4.15. The van der Waals surface area contributed by atoms with Crippen LogP contribution in [0.2, 0.25) is 0 Å². The van der Waals surface area contributed by atoms with Gasteiger partial charge in [-0.25, -0.2) is 14.5 Å². The molecule has 0 spiro atoms. The van der Waals surface area contributed by atoms with Crippen LogP contribution >= 0.6 is 0 Å². The van der Waals surface area contributed by atoms with Gasteiger partial charge in [0.2, 0.25) is 5.88 Å². The molecule has 5 aromatic heterocycles. The lowest BCUT2D eigenvalue weighted by atomic mass is 10.1. The van der Waals surface area contributed by atoms with Gasteiger partial charge in [-0.2, -0.15) is 5.10 Å². The number of nitrogens with zero attached hydrogens (tertiary/aromatic N) is 6. The van der Waals surface area contributed by atoms with E-state index in [1.807, 2.05) is 42.0 Å². The minimum atomic E-state index is 0.157. The lowest BCUT2D eigenvalue weighted by Crippen LogP contribution is -2.38. The second-order valence-electron chi connectivity index (χ2n) is 8.69. The number of nitrogens with one attached hydrogen (secondary N) is 1. The molecule has 1 fully saturated rings. The van der Waals surface area contributed by atoms with Gasteiger partial charge < -0.3 is 19.1 Å². The molecule has 1 saturated heterocycles. The number of hydrogen-bond donors (Lipinski definition) is 1. The molecule has 0 unspecified atom stereocenters. The van der Waals surface area contributed by atoms with E-state index in [2.05, 4.69) is 37.3 Å². The number of aromatic amines is 1. The number of methoxy groups -OCH3 is 1. The van der Waals surface area contributed by atoms with Gasteiger partial charge in [-0.1, -0.05) is 0 Å². The van der Waals surface area contributed by atoms with E-state index in [1.54, 1.807) is 19.5 Å². The molecule has 6 heterocycles. The van der Waals surface area contributed by atoms with Crippen molar-refractivity contribution in [2.75, 3.05) is 31.7 Å². The summed E-state index contributed by atoms with van der Waals surface area (Å²) in [5.74, 6) is 3.07. The Balaban J connectivity index is 1.19. The number of ether oxygens (including phenoxy) is 3. The van der Waals surface area contributed by atoms with Crippen LogP contribution in [0.1, 0.15) is 19.8 Å². The number of hydrogen-bond acceptors (Lipinski definition) is 8. The predicted molar refractivity (Wildman–Crippen MR) is 136 cm³/mol. The minimum absolute atomic E-state index is 0.157. The summed E-state index contributed by atoms with van der Waals surface area (Å²) >= 11 is 0. The Morgan fingerprint density at radius 3 is 2.64 bits per heavy atom. The lowest BCUT2D eigenvalue weighted by Gasteiger charge is -2.33. The largest absolute Gasteiger partial charge is 0.492 e. The third-order valence-corrected chi connectivity index (χ3v) is 6.46. The second-order valence-corrected chi connectivity index (χ2v) is 8.69. The van der Waals surface area contributed by atoms with E-state index >= 15 is 0 Å². The summed E-state index contributed by atoms with van der Waals surface area (Å²) in [6.45, 7) is 4.31. The molecule has 0 atom stereocenters. The van der Waals surface area contributed by atoms with E-state index < -0.39 is 0 Å². The summed E-state index contributed by atoms with van der Waals surface area (Å²) in [6, 6.07) is 9.94. The van der Waals surface area contributed by atoms with Gasteiger partial charge in [-0.05, 0) is 31.2 Å². The van der Waals surface area contributed by atoms with Gasteiger partial charge in [0.05, 0.1) is 43.2 Å². The maximum Gasteiger partial charge on any atom is 0.213 e. The first-order valence-corrected chi connectivity index (χ1v) is 12.1. The number of H-pyrrole nitrogens is 1. The van der Waals surface area contributed by atoms with Crippen LogP contribution in [0, 0.1) is 0 Å². The SMILES string of the molecule is CCOc1cc(-c2ccc(N3CCC(Oc4ccc(OC)nc4)CC3)nc2)c2c3cn[nH]c3nn2c1. The molecule has 6 rings (SSSR count). The van der Waals surface area contributed by atoms with Gasteiger partial charge in [-0.3, -0.25) is 5.10 Å². The summed E-state index contributed by atoms with van der Waals surface area (Å²) in [7, 11) is 1.60. The Morgan fingerprint density at radius 1 is 1.03 bits per heavy atom. The Hall–Kier alpha value is -4.34. The van der Waals surface area contributed by atoms with Crippen molar-refractivity contribution in [3.8, 4) is 28.5 Å². The first-order valence-electron chi connectivity index (χ1n) is 12.1. The van der Waals surface area contributed by atoms with E-state index in [4.69, 9.17) is 19.2 Å². The highest BCUT2D eigenvalue weighted by Gasteiger charge is 2.22. The standard InChI is InChI=1S/C26H27N7O3/c1-3-35-20-12-21(25-22-15-29-30-26(22)31-33(25)16-20)17-4-6-23(27-13-17)32-10-8-18(9-11-32)36-19-5-7-24(34-2)28-14-19/h4-7,12-16,18H,3,8-11H2,1-2H3,(H,30,31). The molecule has 1 aliphatic rings. The van der Waals surface area contributed by atoms with Gasteiger partial charge in [0, 0.05) is 49.3 Å². The maximum absolute atomic E-state index is 6.12. The maximum atomic E-state index is 6.12. The summed E-state index contributed by atoms with van der Waals surface area (Å²) in [5.41, 5.74) is 3.72. The van der Waals surface area contributed by atoms with Crippen molar-refractivity contribution in [1.82, 2.24) is 29.8 Å². The molecule has 0 bridgehead atoms. The fourth-order valence-electron chi connectivity index (χ4n) is 4.69. The molecule has 5 aromatic rings. The molecule has 0 amide bonds. The smallest absolute Gasteiger partial charge is 0.213 e. The average Bonchev–Trinajstić information content (AvgIpc) is 3.51. The molecule has 0 saturated carbocycles. The topological polar surface area (TPSA) is 103 Å². The molecule has 0 aromatic carbocycles. The quantitative estimate of drug-likeness (QED) is 0.367. The highest BCUT2D eigenvalue weighted by Crippen LogP contribution is 2.33. The molecule has 36 heavy (non-hydrogen) atoms. The molecular weight excluding hydrogens is 458 g/mol. The fourth-order valence-corrected chi connectivity index (χ4v) is 4.69. The van der Waals surface area contributed by atoms with Crippen LogP contribution < -0.4 is 19.1 Å². The molecule has 1 aliphatic heterocycles. The van der Waals surface area contributed by atoms with Crippen LogP contribution in [0.3, 0.4) is 0 Å². The molecule has 0 aliphatic carbocycles. The fraction of sp³-hybridized carbons (Fsp3) is 0.308. The summed E-state index contributed by atoms with van der Waals surface area (Å²) in [6.07, 6.45) is 9.32. The number of rotatable bonds is 7. The molecule has 10 heteroatoms. The van der Waals surface area contributed by atoms with Crippen LogP contribution in [0.15, 0.2) is 55.1 Å². The van der Waals surface area contributed by atoms with Crippen LogP contribution in [-0.4, -0.2) is 62.7 Å². The van der Waals surface area contributed by atoms with Gasteiger partial charge in [0.25, 0.3) is 0 Å². The molecule has 1 N–H and O–H groups in total. The summed E-state index contributed by atoms with van der Waals surface area (Å²) < 4.78 is 18.9. The van der Waals surface area contributed by atoms with Gasteiger partial charge >= 0.3 is 0 Å². The predicted octanol–water partition coefficient (Wildman–Crippen LogP) is 4.12. The van der Waals surface area contributed by atoms with Crippen LogP contribution in [0.5, 0.6) is 17.4 Å². The van der Waals surface area contributed by atoms with Crippen molar-refractivity contribution in [2.45, 2.75) is 25.9 Å². The molecule has 10 nitrogen and oxygen atoms in total. The number of aromatic nitrogens is 6. The Kier molecular flexibility index (Phi) is 5.76. The van der Waals surface area contributed by atoms with Crippen molar-refractivity contribution in [2.24, 2.45) is 0 Å². The van der Waals surface area contributed by atoms with Crippen molar-refractivity contribution >= 4 is 22.4 Å². The summed E-state index contributed by atoms with van der Waals surface area (Å²) in [5, 5.41) is 12.7. The number of fused-ring (bicyclic) bond motifs is 3. The van der Waals surface area contributed by atoms with E-state index in [0.29, 0.717) is 12.5 Å². The second kappa shape index (κ2) is 9.37. The highest BCUT2D eigenvalue weighted by atomic mass is 16.5. The van der Waals surface area contributed by atoms with E-state index in [-0.39, 0.29) is 6.10 Å². The van der Waals surface area contributed by atoms with Crippen LogP contribution in [0.25, 0.3) is 27.7 Å². The van der Waals surface area contributed by atoms with Crippen molar-refractivity contribution in [3.05, 3.63) is 55.1 Å². The normalized spacial score (nSPS) is 14.4. The van der Waals surface area contributed by atoms with Gasteiger partial charge in [0.15, 0.2) is 5.65 Å². The monoisotopic (exact) mass is 485 g/mol. The summed E-state index contributed by atoms with van der Waals surface area (Å²) in [4.78, 5) is 11.3. The van der Waals surface area contributed by atoms with E-state index in [1.165, 1.54) is 0 Å². The third-order valence-electron chi connectivity index (χ3n) is 6.46. The van der Waals surface area contributed by atoms with E-state index in [9.17, 15) is 0 Å². The number of anilines is 1. The lowest BCUT2D eigenvalue weighted by molar-refractivity contribution is 0.170. The molecule has 184 valence electrons. The number of piperidine rings is 1. The zero-order valence-electron chi connectivity index (χ0n) is 20.2. The first-order chi connectivity index (χ1) is 17.7. The Bertz CT molecular complexity index is 1470. The van der Waals surface area contributed by atoms with Crippen LogP contribution in [-0.2, 0) is 0 Å². The van der Waals surface area contributed by atoms with Crippen molar-refractivity contribution < 1.29 is 14.2 Å². The van der Waals surface area contributed by atoms with Crippen molar-refractivity contribution in [1.29, 1.82) is 0 Å². The average molecular weight is 486 g/mol. The first kappa shape index (κ1) is 22.1. The van der Waals surface area contributed by atoms with Gasteiger partial charge in [-0.15, -0.1) is 5.10 Å². The van der Waals surface area contributed by atoms with Gasteiger partial charge in [0.1, 0.15) is 23.4 Å². The zero-order chi connectivity index (χ0) is 24.5. The van der Waals surface area contributed by atoms with Crippen LogP contribution in [0.4, 0.5) is 5.82 Å². The van der Waals surface area contributed by atoms with Crippen molar-refractivity contribution in [3.63, 3.8) is 0 Å². The minimum Gasteiger partial charge on any atom is -0.492 e.